The lowest BCUT2D eigenvalue weighted by atomic mass is 9.85. The molecular formula is C31H42N2O2. The second-order valence-electron chi connectivity index (χ2n) is 12.3. The lowest BCUT2D eigenvalue weighted by Gasteiger charge is -2.26. The number of ether oxygens (including phenoxy) is 2. The van der Waals surface area contributed by atoms with Gasteiger partial charge in [-0.15, -0.1) is 0 Å². The second kappa shape index (κ2) is 9.79. The Hall–Kier alpha value is -2.62. The molecule has 0 N–H and O–H groups in total. The van der Waals surface area contributed by atoms with Crippen LogP contribution in [0.2, 0.25) is 0 Å². The molecule has 1 saturated carbocycles. The average molecular weight is 475 g/mol. The molecule has 0 aromatic heterocycles. The molecule has 2 aromatic rings. The molecule has 4 heteroatoms. The Morgan fingerprint density at radius 1 is 0.657 bits per heavy atom. The van der Waals surface area contributed by atoms with Crippen LogP contribution in [0.15, 0.2) is 34.3 Å². The second-order valence-corrected chi connectivity index (χ2v) is 12.3. The van der Waals surface area contributed by atoms with Crippen molar-refractivity contribution in [1.82, 2.24) is 0 Å². The summed E-state index contributed by atoms with van der Waals surface area (Å²) in [7, 11) is 0. The fourth-order valence-electron chi connectivity index (χ4n) is 4.99. The highest BCUT2D eigenvalue weighted by molar-refractivity contribution is 5.86. The molecule has 0 bridgehead atoms. The van der Waals surface area contributed by atoms with Gasteiger partial charge in [-0.25, -0.2) is 0 Å². The number of hydrogen-bond donors (Lipinski definition) is 0. The topological polar surface area (TPSA) is 43.2 Å². The molecule has 0 radical (unpaired) electrons. The molecule has 1 aliphatic carbocycles. The summed E-state index contributed by atoms with van der Waals surface area (Å²) in [6.45, 7) is 17.8. The molecule has 1 aliphatic heterocycles. The average Bonchev–Trinajstić information content (AvgIpc) is 2.78. The lowest BCUT2D eigenvalue weighted by molar-refractivity contribution is 0.118. The van der Waals surface area contributed by atoms with Gasteiger partial charge in [-0.1, -0.05) is 66.5 Å². The van der Waals surface area contributed by atoms with Crippen LogP contribution in [-0.4, -0.2) is 31.3 Å². The molecule has 0 saturated heterocycles. The zero-order valence-corrected chi connectivity index (χ0v) is 22.9. The van der Waals surface area contributed by atoms with E-state index in [1.165, 1.54) is 24.0 Å². The summed E-state index contributed by atoms with van der Waals surface area (Å²) in [5, 5.41) is 0. The Morgan fingerprint density at radius 3 is 1.43 bits per heavy atom. The van der Waals surface area contributed by atoms with Gasteiger partial charge in [0.15, 0.2) is 0 Å². The monoisotopic (exact) mass is 474 g/mol. The quantitative estimate of drug-likeness (QED) is 0.397. The van der Waals surface area contributed by atoms with Gasteiger partial charge in [0.05, 0.1) is 12.1 Å². The molecule has 1 heterocycles. The fraction of sp³-hybridized carbons (Fsp3) is 0.548. The van der Waals surface area contributed by atoms with Crippen molar-refractivity contribution in [2.45, 2.75) is 104 Å². The van der Waals surface area contributed by atoms with Crippen molar-refractivity contribution in [2.75, 3.05) is 6.79 Å². The number of hydrogen-bond acceptors (Lipinski definition) is 4. The van der Waals surface area contributed by atoms with Gasteiger partial charge in [-0.3, -0.25) is 9.98 Å². The van der Waals surface area contributed by atoms with Crippen LogP contribution in [0.4, 0.5) is 0 Å². The lowest BCUT2D eigenvalue weighted by Crippen LogP contribution is -2.27. The van der Waals surface area contributed by atoms with Crippen LogP contribution in [0.5, 0.6) is 11.5 Å². The number of rotatable bonds is 0. The standard InChI is InChI=1S/C31H42N2O2/c1-20-13-24(30(3,4)5)15-22-17-32-26-11-9-10-12-27(26)33-18-23-16-25(31(6,7)8)14-21(2)29(23)35-19-34-28(20)22/h13-18,26-27H,9-12,19H2,1-8H3. The predicted octanol–water partition coefficient (Wildman–Crippen LogP) is 7.48. The van der Waals surface area contributed by atoms with E-state index in [9.17, 15) is 0 Å². The molecule has 1 fully saturated rings. The Balaban J connectivity index is 1.82. The van der Waals surface area contributed by atoms with Crippen molar-refractivity contribution < 1.29 is 9.47 Å². The largest absolute Gasteiger partial charge is 0.457 e. The number of aryl methyl sites for hydroxylation is 2. The Morgan fingerprint density at radius 2 is 1.06 bits per heavy atom. The van der Waals surface area contributed by atoms with Crippen LogP contribution in [-0.2, 0) is 10.8 Å². The smallest absolute Gasteiger partial charge is 0.230 e. The van der Waals surface area contributed by atoms with Crippen LogP contribution >= 0.6 is 0 Å². The molecule has 2 aliphatic rings. The first-order valence-electron chi connectivity index (χ1n) is 13.1. The van der Waals surface area contributed by atoms with E-state index in [2.05, 4.69) is 79.7 Å². The van der Waals surface area contributed by atoms with Gasteiger partial charge in [0.2, 0.25) is 6.79 Å². The van der Waals surface area contributed by atoms with Gasteiger partial charge in [0.25, 0.3) is 0 Å². The summed E-state index contributed by atoms with van der Waals surface area (Å²) < 4.78 is 12.6. The Labute approximate surface area is 211 Å². The first-order valence-corrected chi connectivity index (χ1v) is 13.1. The fourth-order valence-corrected chi connectivity index (χ4v) is 4.99. The van der Waals surface area contributed by atoms with Crippen LogP contribution in [0.1, 0.15) is 101 Å². The van der Waals surface area contributed by atoms with Crippen molar-refractivity contribution in [2.24, 2.45) is 9.98 Å². The molecule has 188 valence electrons. The highest BCUT2D eigenvalue weighted by Gasteiger charge is 2.25. The normalized spacial score (nSPS) is 20.8. The third-order valence-corrected chi connectivity index (χ3v) is 7.25. The number of nitrogens with zero attached hydrogens (tertiary/aromatic N) is 2. The summed E-state index contributed by atoms with van der Waals surface area (Å²) >= 11 is 0. The van der Waals surface area contributed by atoms with E-state index in [4.69, 9.17) is 19.5 Å². The molecule has 4 nitrogen and oxygen atoms in total. The van der Waals surface area contributed by atoms with E-state index < -0.39 is 0 Å². The van der Waals surface area contributed by atoms with E-state index >= 15 is 0 Å². The maximum atomic E-state index is 6.29. The number of aliphatic imine (C=N–C) groups is 2. The van der Waals surface area contributed by atoms with Gasteiger partial charge in [0, 0.05) is 23.6 Å². The van der Waals surface area contributed by atoms with Crippen molar-refractivity contribution in [3.8, 4) is 11.5 Å². The molecule has 2 aromatic carbocycles. The first-order chi connectivity index (χ1) is 16.4. The molecule has 2 atom stereocenters. The van der Waals surface area contributed by atoms with Gasteiger partial charge in [0.1, 0.15) is 11.5 Å². The summed E-state index contributed by atoms with van der Waals surface area (Å²) in [6.07, 6.45) is 8.57. The van der Waals surface area contributed by atoms with E-state index in [1.54, 1.807) is 0 Å². The molecule has 0 spiro atoms. The van der Waals surface area contributed by atoms with Gasteiger partial charge in [-0.2, -0.15) is 0 Å². The van der Waals surface area contributed by atoms with Crippen LogP contribution in [0.3, 0.4) is 0 Å². The molecule has 35 heavy (non-hydrogen) atoms. The molecule has 2 unspecified atom stereocenters. The number of benzene rings is 2. The van der Waals surface area contributed by atoms with Gasteiger partial charge < -0.3 is 9.47 Å². The summed E-state index contributed by atoms with van der Waals surface area (Å²) in [5.41, 5.74) is 6.90. The van der Waals surface area contributed by atoms with Crippen molar-refractivity contribution in [1.29, 1.82) is 0 Å². The van der Waals surface area contributed by atoms with Gasteiger partial charge >= 0.3 is 0 Å². The van der Waals surface area contributed by atoms with Crippen LogP contribution < -0.4 is 9.47 Å². The highest BCUT2D eigenvalue weighted by Crippen LogP contribution is 2.34. The van der Waals surface area contributed by atoms with E-state index in [0.717, 1.165) is 46.6 Å². The van der Waals surface area contributed by atoms with Crippen LogP contribution in [0.25, 0.3) is 0 Å². The van der Waals surface area contributed by atoms with E-state index in [0.29, 0.717) is 0 Å². The predicted molar refractivity (Wildman–Crippen MR) is 147 cm³/mol. The summed E-state index contributed by atoms with van der Waals surface area (Å²) in [4.78, 5) is 10.2. The summed E-state index contributed by atoms with van der Waals surface area (Å²) in [5.74, 6) is 1.69. The zero-order valence-electron chi connectivity index (χ0n) is 22.9. The highest BCUT2D eigenvalue weighted by atomic mass is 16.7. The SMILES string of the molecule is Cc1cc(C(C)(C)C)cc2c1OCOc1c(C)cc(C(C)(C)C)cc1C=NC1CCCCC1N=C2. The number of fused-ring (bicyclic) bond motifs is 3. The minimum atomic E-state index is 0.0454. The zero-order chi connectivity index (χ0) is 25.4. The Bertz CT molecular complexity index is 1040. The van der Waals surface area contributed by atoms with Crippen molar-refractivity contribution in [3.05, 3.63) is 57.6 Å². The van der Waals surface area contributed by atoms with Gasteiger partial charge in [-0.05, 0) is 71.9 Å². The Kier molecular flexibility index (Phi) is 7.13. The first kappa shape index (κ1) is 25.5. The van der Waals surface area contributed by atoms with E-state index in [1.807, 2.05) is 12.4 Å². The van der Waals surface area contributed by atoms with Crippen molar-refractivity contribution >= 4 is 12.4 Å². The third-order valence-electron chi connectivity index (χ3n) is 7.25. The maximum absolute atomic E-state index is 6.29. The molecular weight excluding hydrogens is 432 g/mol. The molecule has 4 rings (SSSR count). The van der Waals surface area contributed by atoms with E-state index in [-0.39, 0.29) is 29.7 Å². The molecule has 0 amide bonds. The minimum Gasteiger partial charge on any atom is -0.457 e. The van der Waals surface area contributed by atoms with Crippen LogP contribution in [0, 0.1) is 13.8 Å². The maximum Gasteiger partial charge on any atom is 0.230 e. The minimum absolute atomic E-state index is 0.0454. The van der Waals surface area contributed by atoms with Crippen molar-refractivity contribution in [3.63, 3.8) is 0 Å². The summed E-state index contributed by atoms with van der Waals surface area (Å²) in [6, 6.07) is 9.27. The third kappa shape index (κ3) is 5.79.